The van der Waals surface area contributed by atoms with E-state index in [4.69, 9.17) is 47.2 Å². The third kappa shape index (κ3) is 9.41. The maximum absolute atomic E-state index is 13.4. The van der Waals surface area contributed by atoms with Crippen LogP contribution in [0.25, 0.3) is 11.3 Å². The van der Waals surface area contributed by atoms with E-state index < -0.39 is 24.6 Å². The molecule has 2 aromatic carbocycles. The minimum absolute atomic E-state index is 0.0550. The Morgan fingerprint density at radius 1 is 1.02 bits per heavy atom. The Balaban J connectivity index is 1.38. The number of nitrogens with zero attached hydrogens (tertiary/aromatic N) is 3. The van der Waals surface area contributed by atoms with Gasteiger partial charge in [-0.25, -0.2) is 19.6 Å². The number of nitrogens with one attached hydrogen (secondary N) is 3. The molecule has 3 heterocycles. The van der Waals surface area contributed by atoms with Crippen molar-refractivity contribution in [2.24, 2.45) is 0 Å². The molecule has 264 valence electrons. The molecule has 0 radical (unpaired) electrons. The van der Waals surface area contributed by atoms with E-state index in [1.165, 1.54) is 6.07 Å². The van der Waals surface area contributed by atoms with Crippen molar-refractivity contribution in [1.82, 2.24) is 15.3 Å². The van der Waals surface area contributed by atoms with Gasteiger partial charge in [0, 0.05) is 23.7 Å². The van der Waals surface area contributed by atoms with E-state index in [1.54, 1.807) is 55.5 Å². The Morgan fingerprint density at radius 2 is 1.82 bits per heavy atom. The Hall–Kier alpha value is -4.89. The van der Waals surface area contributed by atoms with Crippen molar-refractivity contribution in [2.75, 3.05) is 55.1 Å². The smallest absolute Gasteiger partial charge is 0.337 e. The number of hydrogen-bond donors (Lipinski definition) is 5. The second kappa shape index (κ2) is 17.2. The molecule has 0 spiro atoms. The summed E-state index contributed by atoms with van der Waals surface area (Å²) in [6.07, 6.45) is 1.30. The second-order valence-corrected chi connectivity index (χ2v) is 12.1. The topological polar surface area (TPSA) is 188 Å². The first-order valence-electron chi connectivity index (χ1n) is 15.8. The zero-order chi connectivity index (χ0) is 35.6. The highest BCUT2D eigenvalue weighted by atomic mass is 35.5. The van der Waals surface area contributed by atoms with Gasteiger partial charge in [0.1, 0.15) is 35.7 Å². The van der Waals surface area contributed by atoms with Gasteiger partial charge in [-0.15, -0.1) is 0 Å². The molecule has 1 fully saturated rings. The second-order valence-electron chi connectivity index (χ2n) is 11.2. The fourth-order valence-electron chi connectivity index (χ4n) is 5.44. The number of benzene rings is 2. The Labute approximate surface area is 297 Å². The maximum Gasteiger partial charge on any atom is 0.337 e. The Kier molecular flexibility index (Phi) is 12.5. The summed E-state index contributed by atoms with van der Waals surface area (Å²) in [5.74, 6) is -0.115. The summed E-state index contributed by atoms with van der Waals surface area (Å²) in [4.78, 5) is 47.3. The minimum atomic E-state index is -1.11. The van der Waals surface area contributed by atoms with Crippen LogP contribution < -0.4 is 20.9 Å². The van der Waals surface area contributed by atoms with Crippen molar-refractivity contribution in [3.63, 3.8) is 0 Å². The van der Waals surface area contributed by atoms with Gasteiger partial charge in [0.15, 0.2) is 11.6 Å². The first kappa shape index (κ1) is 36.4. The monoisotopic (exact) mass is 726 g/mol. The number of furan rings is 1. The first-order valence-corrected chi connectivity index (χ1v) is 16.5. The van der Waals surface area contributed by atoms with E-state index in [2.05, 4.69) is 20.9 Å². The molecule has 16 heteroatoms. The van der Waals surface area contributed by atoms with Crippen LogP contribution in [0, 0.1) is 6.92 Å². The third-order valence-corrected chi connectivity index (χ3v) is 8.24. The van der Waals surface area contributed by atoms with Crippen LogP contribution >= 0.6 is 23.2 Å². The lowest BCUT2D eigenvalue weighted by Gasteiger charge is -2.28. The largest absolute Gasteiger partial charge is 0.480 e. The quantitative estimate of drug-likeness (QED) is 0.0846. The summed E-state index contributed by atoms with van der Waals surface area (Å²) in [6.45, 7) is 2.81. The van der Waals surface area contributed by atoms with E-state index in [0.717, 1.165) is 6.42 Å². The number of hydrogen-bond acceptors (Lipinski definition) is 11. The number of aliphatic carboxylic acids is 1. The lowest BCUT2D eigenvalue weighted by atomic mass is 10.1. The highest BCUT2D eigenvalue weighted by molar-refractivity contribution is 6.35. The molecule has 1 aliphatic rings. The molecule has 1 aliphatic heterocycles. The van der Waals surface area contributed by atoms with Gasteiger partial charge in [-0.3, -0.25) is 4.79 Å². The van der Waals surface area contributed by atoms with Gasteiger partial charge in [-0.05, 0) is 62.2 Å². The molecule has 0 aliphatic carbocycles. The summed E-state index contributed by atoms with van der Waals surface area (Å²) in [5, 5.41) is 28.9. The lowest BCUT2D eigenvalue weighted by molar-refractivity contribution is -0.142. The van der Waals surface area contributed by atoms with E-state index in [-0.39, 0.29) is 44.4 Å². The molecular formula is C34H36Cl2N6O8. The van der Waals surface area contributed by atoms with Crippen molar-refractivity contribution >= 4 is 64.1 Å². The molecule has 14 nitrogen and oxygen atoms in total. The predicted octanol–water partition coefficient (Wildman–Crippen LogP) is 5.61. The first-order chi connectivity index (χ1) is 24.1. The number of carboxylic acid groups (broad SMARTS) is 2. The number of aromatic carboxylic acids is 1. The number of anilines is 4. The molecule has 1 amide bonds. The number of ether oxygens (including phenoxy) is 2. The van der Waals surface area contributed by atoms with Crippen LogP contribution in [-0.4, -0.2) is 83.6 Å². The van der Waals surface area contributed by atoms with Crippen molar-refractivity contribution in [3.05, 3.63) is 81.8 Å². The van der Waals surface area contributed by atoms with Gasteiger partial charge in [-0.2, -0.15) is 0 Å². The zero-order valence-electron chi connectivity index (χ0n) is 27.1. The number of carbonyl (C=O) groups is 3. The molecule has 5 rings (SSSR count). The van der Waals surface area contributed by atoms with Crippen LogP contribution in [0.1, 0.15) is 34.8 Å². The maximum atomic E-state index is 13.4. The molecule has 1 saturated heterocycles. The number of rotatable bonds is 17. The highest BCUT2D eigenvalue weighted by Gasteiger charge is 2.34. The molecular weight excluding hydrogens is 691 g/mol. The summed E-state index contributed by atoms with van der Waals surface area (Å²) in [6, 6.07) is 14.6. The number of aryl methyl sites for hydroxylation is 1. The SMILES string of the molecule is Cc1nc(Nc2ccccc2C(=O)O)c(NCc2ccc(-c3cc(Cl)ccc3Cl)o2)c(N2CCCC2C(=O)NCCOCCOCC(=O)O)n1. The Morgan fingerprint density at radius 3 is 2.62 bits per heavy atom. The van der Waals surface area contributed by atoms with Crippen LogP contribution in [0.5, 0.6) is 0 Å². The Bertz CT molecular complexity index is 1840. The number of amides is 1. The van der Waals surface area contributed by atoms with Crippen molar-refractivity contribution < 1.29 is 38.5 Å². The van der Waals surface area contributed by atoms with Crippen LogP contribution in [0.3, 0.4) is 0 Å². The highest BCUT2D eigenvalue weighted by Crippen LogP contribution is 2.38. The normalized spacial score (nSPS) is 14.1. The third-order valence-electron chi connectivity index (χ3n) is 7.68. The number of carbonyl (C=O) groups excluding carboxylic acids is 1. The summed E-state index contributed by atoms with van der Waals surface area (Å²) < 4.78 is 16.5. The predicted molar refractivity (Wildman–Crippen MR) is 188 cm³/mol. The number of carboxylic acids is 2. The number of aromatic nitrogens is 2. The van der Waals surface area contributed by atoms with Gasteiger partial charge in [0.25, 0.3) is 0 Å². The van der Waals surface area contributed by atoms with Gasteiger partial charge in [-0.1, -0.05) is 35.3 Å². The van der Waals surface area contributed by atoms with E-state index in [0.29, 0.717) is 68.9 Å². The molecule has 1 atom stereocenters. The van der Waals surface area contributed by atoms with E-state index in [9.17, 15) is 19.5 Å². The molecule has 4 aromatic rings. The molecule has 5 N–H and O–H groups in total. The number of halogens is 2. The van der Waals surface area contributed by atoms with Gasteiger partial charge < -0.3 is 45.0 Å². The van der Waals surface area contributed by atoms with Crippen LogP contribution in [0.2, 0.25) is 10.0 Å². The van der Waals surface area contributed by atoms with Gasteiger partial charge in [0.05, 0.1) is 42.6 Å². The summed E-state index contributed by atoms with van der Waals surface area (Å²) in [5.41, 5.74) is 1.46. The average Bonchev–Trinajstić information content (AvgIpc) is 3.77. The van der Waals surface area contributed by atoms with E-state index in [1.807, 2.05) is 4.90 Å². The summed E-state index contributed by atoms with van der Waals surface area (Å²) in [7, 11) is 0. The van der Waals surface area contributed by atoms with Gasteiger partial charge >= 0.3 is 11.9 Å². The van der Waals surface area contributed by atoms with Crippen LogP contribution in [-0.2, 0) is 25.6 Å². The summed E-state index contributed by atoms with van der Waals surface area (Å²) >= 11 is 12.6. The van der Waals surface area contributed by atoms with E-state index >= 15 is 0 Å². The molecule has 2 aromatic heterocycles. The number of para-hydroxylation sites is 1. The van der Waals surface area contributed by atoms with Crippen molar-refractivity contribution in [2.45, 2.75) is 32.4 Å². The van der Waals surface area contributed by atoms with Crippen molar-refractivity contribution in [1.29, 1.82) is 0 Å². The minimum Gasteiger partial charge on any atom is -0.480 e. The van der Waals surface area contributed by atoms with Crippen LogP contribution in [0.4, 0.5) is 23.0 Å². The lowest BCUT2D eigenvalue weighted by Crippen LogP contribution is -2.45. The molecule has 0 bridgehead atoms. The van der Waals surface area contributed by atoms with Crippen LogP contribution in [0.15, 0.2) is 59.0 Å². The fourth-order valence-corrected chi connectivity index (χ4v) is 5.82. The molecule has 50 heavy (non-hydrogen) atoms. The molecule has 1 unspecified atom stereocenters. The zero-order valence-corrected chi connectivity index (χ0v) is 28.6. The fraction of sp³-hybridized carbons (Fsp3) is 0.324. The molecule has 0 saturated carbocycles. The van der Waals surface area contributed by atoms with Gasteiger partial charge in [0.2, 0.25) is 5.91 Å². The van der Waals surface area contributed by atoms with Crippen molar-refractivity contribution in [3.8, 4) is 11.3 Å². The standard InChI is InChI=1S/C34H36Cl2N6O8/c1-20-39-31(41-26-6-3-2-5-23(26)34(46)47)30(38-18-22-9-11-28(50-22)24-17-21(35)8-10-25(24)36)32(40-20)42-13-4-7-27(42)33(45)37-12-14-48-15-16-49-19-29(43)44/h2-3,5-6,8-11,17,27,38H,4,7,12-16,18-19H2,1H3,(H,37,45)(H,43,44)(H,46,47)(H,39,40,41). The average molecular weight is 728 g/mol.